The number of carboxylic acids is 1. The number of carbonyl (C=O) groups excluding carboxylic acids is 1. The maximum Gasteiger partial charge on any atom is 0.352 e. The van der Waals surface area contributed by atoms with E-state index in [0.717, 1.165) is 6.42 Å². The number of nitrogens with zero attached hydrogens (tertiary/aromatic N) is 1. The number of carbonyl (C=O) groups is 2. The molecule has 1 saturated carbocycles. The molecule has 0 spiro atoms. The molecule has 2 atom stereocenters. The molecule has 1 aliphatic carbocycles. The highest BCUT2D eigenvalue weighted by molar-refractivity contribution is 5.86. The van der Waals surface area contributed by atoms with Gasteiger partial charge in [-0.1, -0.05) is 0 Å². The Labute approximate surface area is 116 Å². The maximum absolute atomic E-state index is 12.0. The van der Waals surface area contributed by atoms with Gasteiger partial charge in [0.25, 0.3) is 0 Å². The molecular formula is C14H18N2O4. The van der Waals surface area contributed by atoms with Gasteiger partial charge in [0.2, 0.25) is 5.91 Å². The number of amides is 1. The summed E-state index contributed by atoms with van der Waals surface area (Å²) in [5.41, 5.74) is 0.126. The molecule has 1 aliphatic heterocycles. The lowest BCUT2D eigenvalue weighted by molar-refractivity contribution is -0.122. The summed E-state index contributed by atoms with van der Waals surface area (Å²) in [4.78, 5) is 23.0. The normalized spacial score (nSPS) is 25.6. The first kappa shape index (κ1) is 13.2. The first-order chi connectivity index (χ1) is 9.65. The lowest BCUT2D eigenvalue weighted by atomic mass is 10.1. The van der Waals surface area contributed by atoms with Gasteiger partial charge in [0.1, 0.15) is 12.2 Å². The quantitative estimate of drug-likeness (QED) is 0.837. The Hall–Kier alpha value is -1.82. The fraction of sp³-hybridized carbons (Fsp3) is 0.571. The summed E-state index contributed by atoms with van der Waals surface area (Å²) in [5.74, 6) is -0.600. The molecule has 2 unspecified atom stereocenters. The minimum atomic E-state index is -1.03. The van der Waals surface area contributed by atoms with Crippen LogP contribution in [-0.4, -0.2) is 40.3 Å². The number of ether oxygens (including phenoxy) is 1. The molecule has 1 aromatic rings. The van der Waals surface area contributed by atoms with Gasteiger partial charge in [0, 0.05) is 12.8 Å². The van der Waals surface area contributed by atoms with E-state index in [-0.39, 0.29) is 30.3 Å². The molecule has 6 nitrogen and oxygen atoms in total. The standard InChI is InChI=1S/C14H18N2O4/c17-12(8-16-6-1-2-11(16)14(18)19)15-10-5-7-20-13(10)9-3-4-9/h1-2,6,9-10,13H,3-5,7-8H2,(H,15,17)(H,18,19). The molecule has 2 N–H and O–H groups in total. The van der Waals surface area contributed by atoms with Crippen LogP contribution < -0.4 is 5.32 Å². The highest BCUT2D eigenvalue weighted by atomic mass is 16.5. The first-order valence-electron chi connectivity index (χ1n) is 6.94. The smallest absolute Gasteiger partial charge is 0.352 e. The van der Waals surface area contributed by atoms with Crippen molar-refractivity contribution >= 4 is 11.9 Å². The van der Waals surface area contributed by atoms with E-state index in [1.165, 1.54) is 23.5 Å². The number of nitrogens with one attached hydrogen (secondary N) is 1. The van der Waals surface area contributed by atoms with E-state index in [9.17, 15) is 9.59 Å². The van der Waals surface area contributed by atoms with Crippen molar-refractivity contribution in [1.82, 2.24) is 9.88 Å². The molecule has 2 aliphatic rings. The van der Waals surface area contributed by atoms with Crippen molar-refractivity contribution in [3.8, 4) is 0 Å². The largest absolute Gasteiger partial charge is 0.477 e. The molecular weight excluding hydrogens is 260 g/mol. The van der Waals surface area contributed by atoms with Crippen molar-refractivity contribution < 1.29 is 19.4 Å². The van der Waals surface area contributed by atoms with Crippen LogP contribution in [0.25, 0.3) is 0 Å². The monoisotopic (exact) mass is 278 g/mol. The van der Waals surface area contributed by atoms with Gasteiger partial charge < -0.3 is 19.7 Å². The molecule has 0 bridgehead atoms. The van der Waals surface area contributed by atoms with Crippen LogP contribution in [0.4, 0.5) is 0 Å². The van der Waals surface area contributed by atoms with Gasteiger partial charge in [-0.05, 0) is 37.3 Å². The highest BCUT2D eigenvalue weighted by Crippen LogP contribution is 2.38. The van der Waals surface area contributed by atoms with E-state index in [1.807, 2.05) is 0 Å². The number of aromatic carboxylic acids is 1. The van der Waals surface area contributed by atoms with E-state index >= 15 is 0 Å². The summed E-state index contributed by atoms with van der Waals surface area (Å²) >= 11 is 0. The Morgan fingerprint density at radius 2 is 2.20 bits per heavy atom. The van der Waals surface area contributed by atoms with E-state index in [2.05, 4.69) is 5.32 Å². The van der Waals surface area contributed by atoms with Crippen molar-refractivity contribution in [1.29, 1.82) is 0 Å². The summed E-state index contributed by atoms with van der Waals surface area (Å²) in [7, 11) is 0. The van der Waals surface area contributed by atoms with Crippen LogP contribution in [-0.2, 0) is 16.1 Å². The molecule has 2 fully saturated rings. The van der Waals surface area contributed by atoms with Gasteiger partial charge in [-0.2, -0.15) is 0 Å². The Kier molecular flexibility index (Phi) is 3.48. The summed E-state index contributed by atoms with van der Waals surface area (Å²) in [6.07, 6.45) is 4.94. The van der Waals surface area contributed by atoms with Crippen LogP contribution >= 0.6 is 0 Å². The van der Waals surface area contributed by atoms with E-state index < -0.39 is 5.97 Å². The van der Waals surface area contributed by atoms with Gasteiger partial charge in [-0.25, -0.2) is 4.79 Å². The number of hydrogen-bond acceptors (Lipinski definition) is 3. The number of hydrogen-bond donors (Lipinski definition) is 2. The van der Waals surface area contributed by atoms with Crippen molar-refractivity contribution in [3.05, 3.63) is 24.0 Å². The molecule has 1 aromatic heterocycles. The van der Waals surface area contributed by atoms with Gasteiger partial charge >= 0.3 is 5.97 Å². The summed E-state index contributed by atoms with van der Waals surface area (Å²) in [6, 6.07) is 3.18. The Morgan fingerprint density at radius 1 is 1.40 bits per heavy atom. The van der Waals surface area contributed by atoms with Crippen LogP contribution in [0.5, 0.6) is 0 Å². The lowest BCUT2D eigenvalue weighted by Gasteiger charge is -2.19. The maximum atomic E-state index is 12.0. The first-order valence-corrected chi connectivity index (χ1v) is 6.94. The Balaban J connectivity index is 1.59. The summed E-state index contributed by atoms with van der Waals surface area (Å²) in [6.45, 7) is 0.721. The summed E-state index contributed by atoms with van der Waals surface area (Å²) < 4.78 is 7.12. The van der Waals surface area contributed by atoms with Crippen molar-refractivity contribution in [2.75, 3.05) is 6.61 Å². The highest BCUT2D eigenvalue weighted by Gasteiger charge is 2.41. The second-order valence-corrected chi connectivity index (χ2v) is 5.46. The van der Waals surface area contributed by atoms with Gasteiger partial charge in [-0.15, -0.1) is 0 Å². The molecule has 108 valence electrons. The zero-order chi connectivity index (χ0) is 14.1. The average Bonchev–Trinajstić information content (AvgIpc) is 2.95. The van der Waals surface area contributed by atoms with Gasteiger partial charge in [0.05, 0.1) is 12.1 Å². The molecule has 6 heteroatoms. The third-order valence-corrected chi connectivity index (χ3v) is 3.93. The minimum absolute atomic E-state index is 0.0303. The SMILES string of the molecule is O=C(Cn1cccc1C(=O)O)NC1CCOC1C1CC1. The number of aromatic nitrogens is 1. The molecule has 1 amide bonds. The summed E-state index contributed by atoms with van der Waals surface area (Å²) in [5, 5.41) is 12.0. The predicted octanol–water partition coefficient (Wildman–Crippen LogP) is 0.870. The molecule has 20 heavy (non-hydrogen) atoms. The molecule has 3 rings (SSSR count). The van der Waals surface area contributed by atoms with Crippen molar-refractivity contribution in [2.45, 2.75) is 38.0 Å². The fourth-order valence-corrected chi connectivity index (χ4v) is 2.81. The number of carboxylic acid groups (broad SMARTS) is 1. The second-order valence-electron chi connectivity index (χ2n) is 5.46. The second kappa shape index (κ2) is 5.28. The van der Waals surface area contributed by atoms with Crippen molar-refractivity contribution in [3.63, 3.8) is 0 Å². The zero-order valence-electron chi connectivity index (χ0n) is 11.1. The molecule has 0 aromatic carbocycles. The number of rotatable bonds is 5. The Morgan fingerprint density at radius 3 is 2.90 bits per heavy atom. The van der Waals surface area contributed by atoms with E-state index in [0.29, 0.717) is 12.5 Å². The van der Waals surface area contributed by atoms with Gasteiger partial charge in [0.15, 0.2) is 0 Å². The predicted molar refractivity (Wildman–Crippen MR) is 70.4 cm³/mol. The van der Waals surface area contributed by atoms with Crippen LogP contribution in [0.2, 0.25) is 0 Å². The van der Waals surface area contributed by atoms with E-state index in [1.54, 1.807) is 12.3 Å². The topological polar surface area (TPSA) is 80.6 Å². The average molecular weight is 278 g/mol. The van der Waals surface area contributed by atoms with Crippen molar-refractivity contribution in [2.24, 2.45) is 5.92 Å². The fourth-order valence-electron chi connectivity index (χ4n) is 2.81. The third-order valence-electron chi connectivity index (χ3n) is 3.93. The van der Waals surface area contributed by atoms with Gasteiger partial charge in [-0.3, -0.25) is 4.79 Å². The molecule has 0 radical (unpaired) electrons. The van der Waals surface area contributed by atoms with Crippen LogP contribution in [0.15, 0.2) is 18.3 Å². The minimum Gasteiger partial charge on any atom is -0.477 e. The van der Waals surface area contributed by atoms with Crippen LogP contribution in [0, 0.1) is 5.92 Å². The van der Waals surface area contributed by atoms with Crippen LogP contribution in [0.3, 0.4) is 0 Å². The zero-order valence-corrected chi connectivity index (χ0v) is 11.1. The molecule has 2 heterocycles. The lowest BCUT2D eigenvalue weighted by Crippen LogP contribution is -2.42. The third kappa shape index (κ3) is 2.70. The van der Waals surface area contributed by atoms with Crippen LogP contribution in [0.1, 0.15) is 29.8 Å². The molecule has 1 saturated heterocycles. The Bertz CT molecular complexity index is 521. The van der Waals surface area contributed by atoms with E-state index in [4.69, 9.17) is 9.84 Å².